The molecule has 1 saturated heterocycles. The molecule has 2 atom stereocenters. The summed E-state index contributed by atoms with van der Waals surface area (Å²) in [6.07, 6.45) is 4.35. The van der Waals surface area contributed by atoms with Crippen molar-refractivity contribution < 1.29 is 9.47 Å². The number of rotatable bonds is 5. The maximum Gasteiger partial charge on any atom is 0.100 e. The van der Waals surface area contributed by atoms with Gasteiger partial charge in [0.05, 0.1) is 12.7 Å². The van der Waals surface area contributed by atoms with Crippen LogP contribution in [0.15, 0.2) is 43.0 Å². The Hall–Kier alpha value is -1.12. The lowest BCUT2D eigenvalue weighted by Crippen LogP contribution is -2.16. The average molecular weight is 218 g/mol. The molecule has 2 rings (SSSR count). The van der Waals surface area contributed by atoms with E-state index in [9.17, 15) is 0 Å². The van der Waals surface area contributed by atoms with E-state index < -0.39 is 0 Å². The SMILES string of the molecule is C=CC(OCC1CCCO1)c1ccccc1. The molecule has 16 heavy (non-hydrogen) atoms. The van der Waals surface area contributed by atoms with Crippen LogP contribution in [0.2, 0.25) is 0 Å². The van der Waals surface area contributed by atoms with Crippen molar-refractivity contribution in [1.82, 2.24) is 0 Å². The van der Waals surface area contributed by atoms with Crippen LogP contribution in [-0.2, 0) is 9.47 Å². The Morgan fingerprint density at radius 3 is 2.88 bits per heavy atom. The van der Waals surface area contributed by atoms with Gasteiger partial charge in [0, 0.05) is 6.61 Å². The Labute approximate surface area is 96.9 Å². The molecule has 0 aliphatic carbocycles. The quantitative estimate of drug-likeness (QED) is 0.707. The van der Waals surface area contributed by atoms with E-state index in [4.69, 9.17) is 9.47 Å². The molecule has 0 N–H and O–H groups in total. The lowest BCUT2D eigenvalue weighted by atomic mass is 10.1. The van der Waals surface area contributed by atoms with Gasteiger partial charge in [-0.05, 0) is 18.4 Å². The number of benzene rings is 1. The third-order valence-electron chi connectivity index (χ3n) is 2.83. The fraction of sp³-hybridized carbons (Fsp3) is 0.429. The second kappa shape index (κ2) is 5.83. The van der Waals surface area contributed by atoms with Gasteiger partial charge >= 0.3 is 0 Å². The summed E-state index contributed by atoms with van der Waals surface area (Å²) >= 11 is 0. The molecule has 0 aromatic heterocycles. The van der Waals surface area contributed by atoms with Crippen LogP contribution in [0.3, 0.4) is 0 Å². The molecule has 0 radical (unpaired) electrons. The summed E-state index contributed by atoms with van der Waals surface area (Å²) in [7, 11) is 0. The van der Waals surface area contributed by atoms with E-state index in [2.05, 4.69) is 18.7 Å². The smallest absolute Gasteiger partial charge is 0.100 e. The largest absolute Gasteiger partial charge is 0.376 e. The van der Waals surface area contributed by atoms with E-state index in [1.807, 2.05) is 24.3 Å². The predicted molar refractivity (Wildman–Crippen MR) is 64.3 cm³/mol. The molecule has 1 aliphatic rings. The molecule has 2 nitrogen and oxygen atoms in total. The first-order chi connectivity index (χ1) is 7.90. The van der Waals surface area contributed by atoms with E-state index in [0.717, 1.165) is 25.0 Å². The highest BCUT2D eigenvalue weighted by Gasteiger charge is 2.17. The maximum atomic E-state index is 5.82. The molecule has 1 heterocycles. The third kappa shape index (κ3) is 2.94. The van der Waals surface area contributed by atoms with Crippen molar-refractivity contribution in [1.29, 1.82) is 0 Å². The molecule has 0 saturated carbocycles. The number of hydrogen-bond donors (Lipinski definition) is 0. The van der Waals surface area contributed by atoms with Gasteiger partial charge in [0.25, 0.3) is 0 Å². The van der Waals surface area contributed by atoms with Crippen LogP contribution < -0.4 is 0 Å². The van der Waals surface area contributed by atoms with Crippen LogP contribution >= 0.6 is 0 Å². The van der Waals surface area contributed by atoms with E-state index in [1.54, 1.807) is 0 Å². The van der Waals surface area contributed by atoms with Gasteiger partial charge in [0.1, 0.15) is 6.10 Å². The molecule has 86 valence electrons. The molecule has 2 heteroatoms. The molecule has 0 spiro atoms. The van der Waals surface area contributed by atoms with Gasteiger partial charge in [-0.1, -0.05) is 36.4 Å². The van der Waals surface area contributed by atoms with Crippen LogP contribution in [0.25, 0.3) is 0 Å². The summed E-state index contributed by atoms with van der Waals surface area (Å²) in [6, 6.07) is 10.1. The van der Waals surface area contributed by atoms with Gasteiger partial charge in [0.15, 0.2) is 0 Å². The van der Waals surface area contributed by atoms with Gasteiger partial charge in [-0.3, -0.25) is 0 Å². The summed E-state index contributed by atoms with van der Waals surface area (Å²) < 4.78 is 11.3. The molecule has 0 amide bonds. The van der Waals surface area contributed by atoms with E-state index >= 15 is 0 Å². The average Bonchev–Trinajstić information content (AvgIpc) is 2.84. The first kappa shape index (κ1) is 11.4. The van der Waals surface area contributed by atoms with Gasteiger partial charge in [-0.25, -0.2) is 0 Å². The van der Waals surface area contributed by atoms with Gasteiger partial charge < -0.3 is 9.47 Å². The monoisotopic (exact) mass is 218 g/mol. The highest BCUT2D eigenvalue weighted by atomic mass is 16.5. The van der Waals surface area contributed by atoms with Gasteiger partial charge in [0.2, 0.25) is 0 Å². The number of hydrogen-bond acceptors (Lipinski definition) is 2. The van der Waals surface area contributed by atoms with E-state index in [0.29, 0.717) is 6.61 Å². The van der Waals surface area contributed by atoms with Crippen LogP contribution in [0.4, 0.5) is 0 Å². The highest BCUT2D eigenvalue weighted by molar-refractivity contribution is 5.20. The zero-order valence-electron chi connectivity index (χ0n) is 9.47. The van der Waals surface area contributed by atoms with Gasteiger partial charge in [-0.2, -0.15) is 0 Å². The molecule has 1 aliphatic heterocycles. The topological polar surface area (TPSA) is 18.5 Å². The Morgan fingerprint density at radius 1 is 1.44 bits per heavy atom. The highest BCUT2D eigenvalue weighted by Crippen LogP contribution is 2.20. The normalized spacial score (nSPS) is 21.9. The minimum Gasteiger partial charge on any atom is -0.376 e. The zero-order valence-corrected chi connectivity index (χ0v) is 9.47. The second-order valence-electron chi connectivity index (χ2n) is 4.04. The minimum atomic E-state index is -0.0228. The van der Waals surface area contributed by atoms with E-state index in [-0.39, 0.29) is 12.2 Å². The third-order valence-corrected chi connectivity index (χ3v) is 2.83. The Kier molecular flexibility index (Phi) is 4.14. The van der Waals surface area contributed by atoms with Crippen LogP contribution in [0.1, 0.15) is 24.5 Å². The van der Waals surface area contributed by atoms with E-state index in [1.165, 1.54) is 0 Å². The van der Waals surface area contributed by atoms with Crippen LogP contribution in [0, 0.1) is 0 Å². The lowest BCUT2D eigenvalue weighted by Gasteiger charge is -2.17. The second-order valence-corrected chi connectivity index (χ2v) is 4.04. The first-order valence-corrected chi connectivity index (χ1v) is 5.81. The minimum absolute atomic E-state index is 0.0228. The molecule has 1 aromatic carbocycles. The number of ether oxygens (including phenoxy) is 2. The molecule has 1 fully saturated rings. The predicted octanol–water partition coefficient (Wildman–Crippen LogP) is 3.11. The fourth-order valence-electron chi connectivity index (χ4n) is 1.93. The summed E-state index contributed by atoms with van der Waals surface area (Å²) in [5.74, 6) is 0. The standard InChI is InChI=1S/C14H18O2/c1-2-14(12-7-4-3-5-8-12)16-11-13-9-6-10-15-13/h2-5,7-8,13-14H,1,6,9-11H2. The lowest BCUT2D eigenvalue weighted by molar-refractivity contribution is -0.00508. The molecular formula is C14H18O2. The summed E-state index contributed by atoms with van der Waals surface area (Å²) in [4.78, 5) is 0. The maximum absolute atomic E-state index is 5.82. The Balaban J connectivity index is 1.88. The first-order valence-electron chi connectivity index (χ1n) is 5.81. The van der Waals surface area contributed by atoms with Crippen molar-refractivity contribution in [2.45, 2.75) is 25.0 Å². The summed E-state index contributed by atoms with van der Waals surface area (Å²) in [6.45, 7) is 5.35. The van der Waals surface area contributed by atoms with Crippen molar-refractivity contribution in [2.75, 3.05) is 13.2 Å². The van der Waals surface area contributed by atoms with Crippen molar-refractivity contribution in [3.63, 3.8) is 0 Å². The van der Waals surface area contributed by atoms with Crippen molar-refractivity contribution in [2.24, 2.45) is 0 Å². The Bertz CT molecular complexity index is 315. The van der Waals surface area contributed by atoms with Crippen LogP contribution in [0.5, 0.6) is 0 Å². The summed E-state index contributed by atoms with van der Waals surface area (Å²) in [5, 5.41) is 0. The van der Waals surface area contributed by atoms with Gasteiger partial charge in [-0.15, -0.1) is 6.58 Å². The molecular weight excluding hydrogens is 200 g/mol. The Morgan fingerprint density at radius 2 is 2.25 bits per heavy atom. The fourth-order valence-corrected chi connectivity index (χ4v) is 1.93. The molecule has 2 unspecified atom stereocenters. The van der Waals surface area contributed by atoms with Crippen molar-refractivity contribution in [3.05, 3.63) is 48.6 Å². The van der Waals surface area contributed by atoms with Crippen LogP contribution in [-0.4, -0.2) is 19.3 Å². The molecule has 1 aromatic rings. The van der Waals surface area contributed by atoms with Crippen molar-refractivity contribution in [3.8, 4) is 0 Å². The molecule has 0 bridgehead atoms. The summed E-state index contributed by atoms with van der Waals surface area (Å²) in [5.41, 5.74) is 1.15. The van der Waals surface area contributed by atoms with Crippen molar-refractivity contribution >= 4 is 0 Å². The zero-order chi connectivity index (χ0) is 11.2.